The molecule has 0 aromatic heterocycles. The Labute approximate surface area is 268 Å². The number of nitrogens with one attached hydrogen (secondary N) is 2. The van der Waals surface area contributed by atoms with Crippen LogP contribution in [-0.4, -0.2) is 75.2 Å². The molecule has 256 valence electrons. The second-order valence-electron chi connectivity index (χ2n) is 10.9. The molecule has 0 fully saturated rings. The van der Waals surface area contributed by atoms with E-state index < -0.39 is 67.4 Å². The van der Waals surface area contributed by atoms with E-state index in [-0.39, 0.29) is 24.2 Å². The topological polar surface area (TPSA) is 163 Å². The Morgan fingerprint density at radius 2 is 1.02 bits per heavy atom. The van der Waals surface area contributed by atoms with Gasteiger partial charge in [-0.3, -0.25) is 14.9 Å². The highest BCUT2D eigenvalue weighted by Gasteiger charge is 2.61. The van der Waals surface area contributed by atoms with Gasteiger partial charge in [0, 0.05) is 17.6 Å². The third-order valence-electron chi connectivity index (χ3n) is 6.76. The number of ether oxygens (including phenoxy) is 4. The van der Waals surface area contributed by atoms with Crippen LogP contribution < -0.4 is 10.6 Å². The molecular weight excluding hydrogens is 584 g/mol. The monoisotopic (exact) mass is 638 g/mol. The molecule has 0 aliphatic rings. The van der Waals surface area contributed by atoms with Gasteiger partial charge in [-0.25, -0.2) is 19.2 Å². The molecule has 0 rings (SSSR count). The predicted molar refractivity (Wildman–Crippen MR) is 169 cm³/mol. The maximum Gasteiger partial charge on any atom is 0.341 e. The lowest BCUT2D eigenvalue weighted by Gasteiger charge is -2.27. The molecule has 0 aliphatic carbocycles. The number of esters is 4. The lowest BCUT2D eigenvalue weighted by atomic mass is 9.79. The minimum Gasteiger partial charge on any atom is -0.460 e. The molecule has 0 radical (unpaired) electrons. The lowest BCUT2D eigenvalue weighted by Crippen LogP contribution is -2.59. The number of unbranched alkanes of at least 4 members (excludes halogenated alkanes) is 9. The maximum absolute atomic E-state index is 13.7. The van der Waals surface area contributed by atoms with Gasteiger partial charge in [0.1, 0.15) is 26.4 Å². The predicted octanol–water partition coefficient (Wildman–Crippen LogP) is 4.25. The van der Waals surface area contributed by atoms with Crippen molar-refractivity contribution in [2.45, 2.75) is 105 Å². The summed E-state index contributed by atoms with van der Waals surface area (Å²) in [5.41, 5.74) is -2.74. The summed E-state index contributed by atoms with van der Waals surface area (Å²) >= 11 is 0. The Bertz CT molecular complexity index is 914. The summed E-state index contributed by atoms with van der Waals surface area (Å²) in [6, 6.07) is 0. The smallest absolute Gasteiger partial charge is 0.341 e. The van der Waals surface area contributed by atoms with E-state index >= 15 is 0 Å². The maximum atomic E-state index is 13.7. The second-order valence-corrected chi connectivity index (χ2v) is 10.9. The van der Waals surface area contributed by atoms with Crippen LogP contribution in [0.1, 0.15) is 105 Å². The second kappa shape index (κ2) is 24.7. The van der Waals surface area contributed by atoms with Crippen LogP contribution in [0.25, 0.3) is 0 Å². The van der Waals surface area contributed by atoms with Gasteiger partial charge in [-0.1, -0.05) is 84.8 Å². The summed E-state index contributed by atoms with van der Waals surface area (Å²) in [4.78, 5) is 77.8. The fourth-order valence-corrected chi connectivity index (χ4v) is 4.09. The molecule has 0 saturated carbocycles. The summed E-state index contributed by atoms with van der Waals surface area (Å²) in [5, 5.41) is 5.48. The van der Waals surface area contributed by atoms with Crippen molar-refractivity contribution >= 4 is 35.6 Å². The van der Waals surface area contributed by atoms with Crippen LogP contribution in [0.4, 0.5) is 0 Å². The van der Waals surface area contributed by atoms with E-state index in [0.29, 0.717) is 19.4 Å². The molecule has 1 amide bonds. The van der Waals surface area contributed by atoms with Crippen LogP contribution in [0.3, 0.4) is 0 Å². The zero-order chi connectivity index (χ0) is 34.1. The highest BCUT2D eigenvalue weighted by atomic mass is 16.6. The van der Waals surface area contributed by atoms with E-state index in [1.807, 2.05) is 0 Å². The van der Waals surface area contributed by atoms with Crippen molar-refractivity contribution in [3.05, 3.63) is 24.3 Å². The van der Waals surface area contributed by atoms with Crippen molar-refractivity contribution in [2.24, 2.45) is 5.41 Å². The number of carbonyl (C=O) groups excluding carboxylic acids is 6. The van der Waals surface area contributed by atoms with Crippen molar-refractivity contribution in [3.8, 4) is 0 Å². The van der Waals surface area contributed by atoms with E-state index in [1.54, 1.807) is 0 Å². The Balaban J connectivity index is 5.93. The van der Waals surface area contributed by atoms with Crippen molar-refractivity contribution in [1.29, 1.82) is 0 Å². The van der Waals surface area contributed by atoms with E-state index in [2.05, 4.69) is 37.6 Å². The SMILES string of the molecule is C=C(C)C(=O)OCCOC(=O)C(C(=O)CCCCCCCCC)(C(=O)NCNCCCCCC)C(=O)OCCOC(=O)C(=C)C. The van der Waals surface area contributed by atoms with Crippen molar-refractivity contribution in [3.63, 3.8) is 0 Å². The number of carbonyl (C=O) groups is 6. The van der Waals surface area contributed by atoms with Gasteiger partial charge >= 0.3 is 23.9 Å². The average molecular weight is 639 g/mol. The third-order valence-corrected chi connectivity index (χ3v) is 6.76. The summed E-state index contributed by atoms with van der Waals surface area (Å²) in [7, 11) is 0. The number of rotatable bonds is 27. The van der Waals surface area contributed by atoms with E-state index in [1.165, 1.54) is 13.8 Å². The highest BCUT2D eigenvalue weighted by Crippen LogP contribution is 2.27. The van der Waals surface area contributed by atoms with Crippen LogP contribution >= 0.6 is 0 Å². The van der Waals surface area contributed by atoms with Gasteiger partial charge in [-0.2, -0.15) is 0 Å². The molecule has 0 bridgehead atoms. The molecule has 0 saturated heterocycles. The van der Waals surface area contributed by atoms with Gasteiger partial charge in [-0.15, -0.1) is 0 Å². The molecule has 0 spiro atoms. The molecule has 0 atom stereocenters. The molecule has 12 heteroatoms. The molecule has 12 nitrogen and oxygen atoms in total. The Morgan fingerprint density at radius 1 is 0.600 bits per heavy atom. The lowest BCUT2D eigenvalue weighted by molar-refractivity contribution is -0.180. The van der Waals surface area contributed by atoms with Crippen LogP contribution in [0.5, 0.6) is 0 Å². The fourth-order valence-electron chi connectivity index (χ4n) is 4.09. The standard InChI is InChI=1S/C33H54N2O10/c1-7-9-11-13-14-15-16-18-27(36)33(30(39)35-24-34-19-17-12-10-8-2,31(40)44-22-20-42-28(37)25(3)4)32(41)45-23-21-43-29(38)26(5)6/h34H,3,5,7-24H2,1-2,4,6H3,(H,35,39). The summed E-state index contributed by atoms with van der Waals surface area (Å²) < 4.78 is 20.2. The Morgan fingerprint density at radius 3 is 1.49 bits per heavy atom. The molecule has 2 N–H and O–H groups in total. The Kier molecular flexibility index (Phi) is 22.8. The highest BCUT2D eigenvalue weighted by molar-refractivity contribution is 6.35. The minimum absolute atomic E-state index is 0.121. The largest absolute Gasteiger partial charge is 0.460 e. The van der Waals surface area contributed by atoms with Crippen molar-refractivity contribution in [2.75, 3.05) is 39.6 Å². The van der Waals surface area contributed by atoms with Crippen LogP contribution in [0.2, 0.25) is 0 Å². The fraction of sp³-hybridized carbons (Fsp3) is 0.697. The van der Waals surface area contributed by atoms with Crippen LogP contribution in [0, 0.1) is 5.41 Å². The molecule has 0 aromatic rings. The summed E-state index contributed by atoms with van der Waals surface area (Å²) in [6.45, 7) is 12.6. The van der Waals surface area contributed by atoms with Crippen LogP contribution in [-0.2, 0) is 47.7 Å². The van der Waals surface area contributed by atoms with E-state index in [9.17, 15) is 28.8 Å². The average Bonchev–Trinajstić information content (AvgIpc) is 3.00. The quantitative estimate of drug-likeness (QED) is 0.0330. The van der Waals surface area contributed by atoms with E-state index in [0.717, 1.165) is 57.8 Å². The third kappa shape index (κ3) is 16.4. The molecular formula is C33H54N2O10. The van der Waals surface area contributed by atoms with Gasteiger partial charge in [0.05, 0.1) is 6.67 Å². The van der Waals surface area contributed by atoms with Crippen molar-refractivity contribution in [1.82, 2.24) is 10.6 Å². The molecule has 0 aromatic carbocycles. The number of ketones is 1. The van der Waals surface area contributed by atoms with Gasteiger partial charge in [0.25, 0.3) is 11.3 Å². The number of hydrogen-bond acceptors (Lipinski definition) is 11. The first-order valence-electron chi connectivity index (χ1n) is 16.0. The van der Waals surface area contributed by atoms with Gasteiger partial charge in [-0.05, 0) is 33.2 Å². The normalized spacial score (nSPS) is 10.8. The zero-order valence-electron chi connectivity index (χ0n) is 27.7. The molecule has 0 aliphatic heterocycles. The number of Topliss-reactive ketones (excluding diaryl/α,β-unsaturated/α-hetero) is 1. The van der Waals surface area contributed by atoms with Gasteiger partial charge < -0.3 is 24.3 Å². The van der Waals surface area contributed by atoms with E-state index in [4.69, 9.17) is 18.9 Å². The molecule has 0 unspecified atom stereocenters. The first-order chi connectivity index (χ1) is 21.5. The van der Waals surface area contributed by atoms with Gasteiger partial charge in [0.15, 0.2) is 5.78 Å². The minimum atomic E-state index is -2.98. The molecule has 45 heavy (non-hydrogen) atoms. The van der Waals surface area contributed by atoms with Crippen LogP contribution in [0.15, 0.2) is 24.3 Å². The zero-order valence-corrected chi connectivity index (χ0v) is 27.7. The first kappa shape index (κ1) is 41.5. The van der Waals surface area contributed by atoms with Gasteiger partial charge in [0.2, 0.25) is 0 Å². The summed E-state index contributed by atoms with van der Waals surface area (Å²) in [5.74, 6) is -6.54. The summed E-state index contributed by atoms with van der Waals surface area (Å²) in [6.07, 6.45) is 9.78. The number of amides is 1. The van der Waals surface area contributed by atoms with Crippen molar-refractivity contribution < 1.29 is 47.7 Å². The molecule has 0 heterocycles. The first-order valence-corrected chi connectivity index (χ1v) is 16.0. The Hall–Kier alpha value is -3.54. The number of hydrogen-bond donors (Lipinski definition) is 2.